The lowest BCUT2D eigenvalue weighted by Gasteiger charge is -2.30. The highest BCUT2D eigenvalue weighted by Gasteiger charge is 2.25. The Morgan fingerprint density at radius 3 is 1.65 bits per heavy atom. The van der Waals surface area contributed by atoms with Gasteiger partial charge in [0, 0.05) is 5.92 Å². The van der Waals surface area contributed by atoms with Crippen molar-refractivity contribution < 1.29 is 8.78 Å². The zero-order valence-electron chi connectivity index (χ0n) is 14.3. The van der Waals surface area contributed by atoms with Crippen LogP contribution in [0.4, 0.5) is 8.78 Å². The maximum Gasteiger partial charge on any atom is 0.123 e. The van der Waals surface area contributed by atoms with Gasteiger partial charge in [0.05, 0.1) is 0 Å². The molecule has 2 heteroatoms. The lowest BCUT2D eigenvalue weighted by molar-refractivity contribution is 0.284. The lowest BCUT2D eigenvalue weighted by Crippen LogP contribution is -2.17. The molecule has 0 radical (unpaired) electrons. The van der Waals surface area contributed by atoms with Gasteiger partial charge in [-0.3, -0.25) is 0 Å². The lowest BCUT2D eigenvalue weighted by atomic mass is 9.74. The van der Waals surface area contributed by atoms with Crippen molar-refractivity contribution in [2.45, 2.75) is 52.4 Å². The number of rotatable bonds is 7. The highest BCUT2D eigenvalue weighted by atomic mass is 19.1. The van der Waals surface area contributed by atoms with E-state index < -0.39 is 0 Å². The molecule has 0 saturated heterocycles. The van der Waals surface area contributed by atoms with Crippen LogP contribution in [-0.2, 0) is 0 Å². The molecular weight excluding hydrogens is 290 g/mol. The van der Waals surface area contributed by atoms with Crippen LogP contribution in [0.2, 0.25) is 0 Å². The van der Waals surface area contributed by atoms with E-state index in [1.165, 1.54) is 37.1 Å². The van der Waals surface area contributed by atoms with E-state index >= 15 is 0 Å². The second-order valence-electron chi connectivity index (χ2n) is 7.13. The summed E-state index contributed by atoms with van der Waals surface area (Å²) in [6.07, 6.45) is 4.50. The van der Waals surface area contributed by atoms with E-state index in [0.717, 1.165) is 24.0 Å². The van der Waals surface area contributed by atoms with Crippen LogP contribution in [0, 0.1) is 17.0 Å². The molecule has 0 spiro atoms. The van der Waals surface area contributed by atoms with E-state index in [9.17, 15) is 8.78 Å². The molecule has 0 saturated carbocycles. The fourth-order valence-corrected chi connectivity index (χ4v) is 3.13. The molecule has 0 amide bonds. The largest absolute Gasteiger partial charge is 0.207 e. The van der Waals surface area contributed by atoms with E-state index in [1.54, 1.807) is 0 Å². The molecule has 2 rings (SSSR count). The van der Waals surface area contributed by atoms with Crippen LogP contribution in [0.15, 0.2) is 48.5 Å². The van der Waals surface area contributed by atoms with Crippen LogP contribution < -0.4 is 0 Å². The maximum atomic E-state index is 13.3. The van der Waals surface area contributed by atoms with Gasteiger partial charge in [0.1, 0.15) is 11.6 Å². The second kappa shape index (κ2) is 7.72. The first-order valence-electron chi connectivity index (χ1n) is 8.42. The number of halogens is 2. The highest BCUT2D eigenvalue weighted by molar-refractivity contribution is 5.33. The van der Waals surface area contributed by atoms with Gasteiger partial charge >= 0.3 is 0 Å². The molecule has 23 heavy (non-hydrogen) atoms. The van der Waals surface area contributed by atoms with Crippen molar-refractivity contribution in [2.75, 3.05) is 0 Å². The molecule has 0 fully saturated rings. The molecule has 0 aliphatic carbocycles. The number of hydrogen-bond acceptors (Lipinski definition) is 0. The number of benzene rings is 2. The van der Waals surface area contributed by atoms with Crippen LogP contribution >= 0.6 is 0 Å². The van der Waals surface area contributed by atoms with Gasteiger partial charge in [-0.15, -0.1) is 0 Å². The fourth-order valence-electron chi connectivity index (χ4n) is 3.13. The number of unbranched alkanes of at least 4 members (excludes halogenated alkanes) is 1. The van der Waals surface area contributed by atoms with Gasteiger partial charge in [0.15, 0.2) is 0 Å². The van der Waals surface area contributed by atoms with Crippen LogP contribution in [0.3, 0.4) is 0 Å². The van der Waals surface area contributed by atoms with Crippen molar-refractivity contribution in [1.29, 1.82) is 0 Å². The van der Waals surface area contributed by atoms with Gasteiger partial charge in [-0.25, -0.2) is 8.78 Å². The molecule has 0 heterocycles. The Hall–Kier alpha value is -1.70. The van der Waals surface area contributed by atoms with Crippen molar-refractivity contribution in [1.82, 2.24) is 0 Å². The van der Waals surface area contributed by atoms with Crippen LogP contribution in [-0.4, -0.2) is 0 Å². The van der Waals surface area contributed by atoms with Crippen LogP contribution in [0.25, 0.3) is 0 Å². The summed E-state index contributed by atoms with van der Waals surface area (Å²) < 4.78 is 26.5. The summed E-state index contributed by atoms with van der Waals surface area (Å²) in [4.78, 5) is 0. The molecule has 124 valence electrons. The molecule has 0 aliphatic heterocycles. The first-order valence-corrected chi connectivity index (χ1v) is 8.42. The van der Waals surface area contributed by atoms with Crippen molar-refractivity contribution in [2.24, 2.45) is 5.41 Å². The second-order valence-corrected chi connectivity index (χ2v) is 7.13. The van der Waals surface area contributed by atoms with Crippen molar-refractivity contribution in [3.05, 3.63) is 71.3 Å². The predicted octanol–water partition coefficient (Wildman–Crippen LogP) is 6.70. The van der Waals surface area contributed by atoms with Crippen molar-refractivity contribution in [3.63, 3.8) is 0 Å². The molecule has 2 aromatic rings. The monoisotopic (exact) mass is 316 g/mol. The van der Waals surface area contributed by atoms with Crippen LogP contribution in [0.1, 0.15) is 63.5 Å². The van der Waals surface area contributed by atoms with E-state index in [0.29, 0.717) is 0 Å². The summed E-state index contributed by atoms with van der Waals surface area (Å²) in [5.41, 5.74) is 2.36. The predicted molar refractivity (Wildman–Crippen MR) is 92.6 cm³/mol. The Morgan fingerprint density at radius 2 is 1.26 bits per heavy atom. The van der Waals surface area contributed by atoms with E-state index in [4.69, 9.17) is 0 Å². The van der Waals surface area contributed by atoms with Gasteiger partial charge in [0.2, 0.25) is 0 Å². The molecule has 0 aromatic heterocycles. The van der Waals surface area contributed by atoms with Gasteiger partial charge in [-0.1, -0.05) is 57.9 Å². The average molecular weight is 316 g/mol. The normalized spacial score (nSPS) is 11.9. The molecule has 2 aromatic carbocycles. The van der Waals surface area contributed by atoms with Crippen LogP contribution in [0.5, 0.6) is 0 Å². The molecule has 0 aliphatic rings. The maximum absolute atomic E-state index is 13.3. The smallest absolute Gasteiger partial charge is 0.123 e. The zero-order valence-corrected chi connectivity index (χ0v) is 14.3. The molecule has 0 N–H and O–H groups in total. The third-order valence-electron chi connectivity index (χ3n) is 4.51. The van der Waals surface area contributed by atoms with Crippen molar-refractivity contribution in [3.8, 4) is 0 Å². The summed E-state index contributed by atoms with van der Waals surface area (Å²) in [7, 11) is 0. The Morgan fingerprint density at radius 1 is 0.826 bits per heavy atom. The molecule has 0 nitrogen and oxygen atoms in total. The SMILES string of the molecule is CCCCC(C)(C)CC(c1ccc(F)cc1)c1ccc(F)cc1. The van der Waals surface area contributed by atoms with Gasteiger partial charge in [-0.2, -0.15) is 0 Å². The van der Waals surface area contributed by atoms with Gasteiger partial charge in [0.25, 0.3) is 0 Å². The van der Waals surface area contributed by atoms with Crippen molar-refractivity contribution >= 4 is 0 Å². The molecule has 0 unspecified atom stereocenters. The Labute approximate surface area is 138 Å². The zero-order chi connectivity index (χ0) is 16.9. The average Bonchev–Trinajstić information content (AvgIpc) is 2.53. The first kappa shape index (κ1) is 17.7. The topological polar surface area (TPSA) is 0 Å². The van der Waals surface area contributed by atoms with E-state index in [1.807, 2.05) is 24.3 Å². The fraction of sp³-hybridized carbons (Fsp3) is 0.429. The minimum absolute atomic E-state index is 0.156. The summed E-state index contributed by atoms with van der Waals surface area (Å²) in [5, 5.41) is 0. The number of hydrogen-bond donors (Lipinski definition) is 0. The Balaban J connectivity index is 2.31. The summed E-state index contributed by atoms with van der Waals surface area (Å²) in [6, 6.07) is 13.4. The summed E-state index contributed by atoms with van der Waals surface area (Å²) >= 11 is 0. The summed E-state index contributed by atoms with van der Waals surface area (Å²) in [5.74, 6) is -0.295. The molecule has 0 bridgehead atoms. The molecule has 0 atom stereocenters. The third-order valence-corrected chi connectivity index (χ3v) is 4.51. The minimum atomic E-state index is -0.225. The Kier molecular flexibility index (Phi) is 5.92. The quantitative estimate of drug-likeness (QED) is 0.533. The Bertz CT molecular complexity index is 551. The highest BCUT2D eigenvalue weighted by Crippen LogP contribution is 2.39. The minimum Gasteiger partial charge on any atom is -0.207 e. The first-order chi connectivity index (χ1) is 10.9. The van der Waals surface area contributed by atoms with Gasteiger partial charge in [-0.05, 0) is 53.6 Å². The summed E-state index contributed by atoms with van der Waals surface area (Å²) in [6.45, 7) is 6.76. The van der Waals surface area contributed by atoms with E-state index in [2.05, 4.69) is 20.8 Å². The third kappa shape index (κ3) is 5.16. The molecular formula is C21H26F2. The standard InChI is InChI=1S/C21H26F2/c1-4-5-14-21(2,3)15-20(16-6-10-18(22)11-7-16)17-8-12-19(23)13-9-17/h6-13,20H,4-5,14-15H2,1-3H3. The van der Waals surface area contributed by atoms with Gasteiger partial charge < -0.3 is 0 Å². The van der Waals surface area contributed by atoms with E-state index in [-0.39, 0.29) is 23.0 Å².